The van der Waals surface area contributed by atoms with Crippen LogP contribution in [0.5, 0.6) is 5.75 Å². The Labute approximate surface area is 73.6 Å². The Hall–Kier alpha value is 0.124. The van der Waals surface area contributed by atoms with E-state index in [1.807, 2.05) is 0 Å². The van der Waals surface area contributed by atoms with Gasteiger partial charge in [0.05, 0.1) is 0 Å². The van der Waals surface area contributed by atoms with Crippen LogP contribution in [0, 0.1) is 6.07 Å². The zero-order chi connectivity index (χ0) is 5.11. The zero-order valence-corrected chi connectivity index (χ0v) is 7.13. The second kappa shape index (κ2) is 4.05. The topological polar surface area (TPSA) is 23.1 Å². The van der Waals surface area contributed by atoms with Crippen LogP contribution in [-0.2, 0) is 32.7 Å². The Kier molecular flexibility index (Phi) is 4.11. The van der Waals surface area contributed by atoms with Crippen LogP contribution >= 0.6 is 0 Å². The van der Waals surface area contributed by atoms with Gasteiger partial charge in [-0.1, -0.05) is 0 Å². The third-order valence-electron chi connectivity index (χ3n) is 0.681. The molecule has 1 aromatic carbocycles. The molecule has 0 saturated carbocycles. The molecule has 0 bridgehead atoms. The van der Waals surface area contributed by atoms with E-state index in [-0.39, 0.29) is 38.5 Å². The molecule has 0 aliphatic carbocycles. The minimum atomic E-state index is -0.0532. The molecule has 1 radical (unpaired) electrons. The molecular formula is C6H4OY-2. The van der Waals surface area contributed by atoms with Gasteiger partial charge >= 0.3 is 0 Å². The molecule has 0 saturated heterocycles. The van der Waals surface area contributed by atoms with Crippen molar-refractivity contribution in [2.24, 2.45) is 0 Å². The number of para-hydroxylation sites is 1. The first-order valence-corrected chi connectivity index (χ1v) is 2.03. The molecule has 0 fully saturated rings. The summed E-state index contributed by atoms with van der Waals surface area (Å²) < 4.78 is 0. The summed E-state index contributed by atoms with van der Waals surface area (Å²) in [5, 5.41) is 10.2. The Morgan fingerprint density at radius 2 is 2.12 bits per heavy atom. The summed E-state index contributed by atoms with van der Waals surface area (Å²) in [6.45, 7) is 0. The van der Waals surface area contributed by atoms with E-state index in [0.717, 1.165) is 0 Å². The van der Waals surface area contributed by atoms with E-state index in [9.17, 15) is 5.11 Å². The van der Waals surface area contributed by atoms with Crippen molar-refractivity contribution < 1.29 is 37.8 Å². The van der Waals surface area contributed by atoms with Crippen molar-refractivity contribution in [2.75, 3.05) is 0 Å². The minimum absolute atomic E-state index is 0. The average Bonchev–Trinajstić information content (AvgIpc) is 1.69. The van der Waals surface area contributed by atoms with E-state index in [1.165, 1.54) is 6.07 Å². The van der Waals surface area contributed by atoms with Crippen LogP contribution < -0.4 is 5.11 Å². The van der Waals surface area contributed by atoms with Crippen LogP contribution in [0.3, 0.4) is 0 Å². The van der Waals surface area contributed by atoms with Gasteiger partial charge in [0.1, 0.15) is 0 Å². The van der Waals surface area contributed by atoms with Gasteiger partial charge in [-0.05, 0) is 0 Å². The number of hydrogen-bond donors (Lipinski definition) is 0. The minimum Gasteiger partial charge on any atom is -0.891 e. The molecule has 0 heterocycles. The van der Waals surface area contributed by atoms with Crippen molar-refractivity contribution in [3.05, 3.63) is 30.3 Å². The molecule has 0 amide bonds. The summed E-state index contributed by atoms with van der Waals surface area (Å²) in [6.07, 6.45) is 0. The van der Waals surface area contributed by atoms with Gasteiger partial charge in [0.15, 0.2) is 0 Å². The van der Waals surface area contributed by atoms with E-state index >= 15 is 0 Å². The normalized spacial score (nSPS) is 7.50. The van der Waals surface area contributed by atoms with Gasteiger partial charge in [0.2, 0.25) is 0 Å². The van der Waals surface area contributed by atoms with Crippen molar-refractivity contribution in [3.8, 4) is 5.75 Å². The van der Waals surface area contributed by atoms with Gasteiger partial charge in [-0.15, -0.1) is 0 Å². The molecule has 1 aromatic rings. The fourth-order valence-electron chi connectivity index (χ4n) is 0.377. The Morgan fingerprint density at radius 3 is 2.38 bits per heavy atom. The largest absolute Gasteiger partial charge is 0.891 e. The molecule has 0 aromatic heterocycles. The first kappa shape index (κ1) is 8.12. The van der Waals surface area contributed by atoms with Crippen molar-refractivity contribution in [1.82, 2.24) is 0 Å². The molecule has 1 nitrogen and oxygen atoms in total. The Bertz CT molecular complexity index is 138. The number of rotatable bonds is 0. The predicted octanol–water partition coefficient (Wildman–Crippen LogP) is 0.558. The van der Waals surface area contributed by atoms with Crippen LogP contribution in [0.2, 0.25) is 0 Å². The summed E-state index contributed by atoms with van der Waals surface area (Å²) >= 11 is 0. The van der Waals surface area contributed by atoms with Crippen molar-refractivity contribution in [1.29, 1.82) is 0 Å². The maximum absolute atomic E-state index is 10.2. The van der Waals surface area contributed by atoms with E-state index < -0.39 is 0 Å². The van der Waals surface area contributed by atoms with Crippen LogP contribution in [0.1, 0.15) is 0 Å². The first-order chi connectivity index (χ1) is 3.39. The maximum atomic E-state index is 10.2. The molecule has 0 aliphatic heterocycles. The standard InChI is InChI=1S/C6H5O.Y/c7-6-4-2-1-3-5-6;/h1-4,7H;/q-1;/p-1. The molecular weight excluding hydrogens is 177 g/mol. The maximum Gasteiger partial charge on any atom is 0 e. The van der Waals surface area contributed by atoms with Crippen LogP contribution in [0.4, 0.5) is 0 Å². The predicted molar refractivity (Wildman–Crippen MR) is 24.7 cm³/mol. The van der Waals surface area contributed by atoms with Gasteiger partial charge in [0.25, 0.3) is 0 Å². The van der Waals surface area contributed by atoms with Crippen molar-refractivity contribution in [3.63, 3.8) is 0 Å². The van der Waals surface area contributed by atoms with E-state index in [1.54, 1.807) is 18.2 Å². The van der Waals surface area contributed by atoms with Crippen molar-refractivity contribution in [2.45, 2.75) is 0 Å². The number of hydrogen-bond acceptors (Lipinski definition) is 1. The summed E-state index contributed by atoms with van der Waals surface area (Å²) in [4.78, 5) is 0. The van der Waals surface area contributed by atoms with E-state index in [4.69, 9.17) is 0 Å². The molecule has 8 heavy (non-hydrogen) atoms. The molecule has 1 rings (SSSR count). The zero-order valence-electron chi connectivity index (χ0n) is 4.29. The molecule has 0 spiro atoms. The SMILES string of the molecule is [O-]c1[c-]cccc1.[Y]. The van der Waals surface area contributed by atoms with Crippen LogP contribution in [0.25, 0.3) is 0 Å². The van der Waals surface area contributed by atoms with Gasteiger partial charge < -0.3 is 5.11 Å². The van der Waals surface area contributed by atoms with Gasteiger partial charge in [0, 0.05) is 32.7 Å². The molecule has 39 valence electrons. The Morgan fingerprint density at radius 1 is 1.38 bits per heavy atom. The molecule has 0 aliphatic rings. The van der Waals surface area contributed by atoms with Crippen LogP contribution in [0.15, 0.2) is 24.3 Å². The van der Waals surface area contributed by atoms with E-state index in [0.29, 0.717) is 0 Å². The summed E-state index contributed by atoms with van der Waals surface area (Å²) in [5.74, 6) is -0.0532. The summed E-state index contributed by atoms with van der Waals surface area (Å²) in [7, 11) is 0. The monoisotopic (exact) mass is 181 g/mol. The smallest absolute Gasteiger partial charge is 0 e. The fraction of sp³-hybridized carbons (Fsp3) is 0. The second-order valence-electron chi connectivity index (χ2n) is 1.23. The molecule has 0 N–H and O–H groups in total. The molecule has 2 heteroatoms. The average molecular weight is 181 g/mol. The van der Waals surface area contributed by atoms with Crippen molar-refractivity contribution >= 4 is 0 Å². The third kappa shape index (κ3) is 2.44. The molecule has 0 atom stereocenters. The number of benzene rings is 1. The first-order valence-electron chi connectivity index (χ1n) is 2.03. The van der Waals surface area contributed by atoms with Crippen LogP contribution in [-0.4, -0.2) is 0 Å². The van der Waals surface area contributed by atoms with Gasteiger partial charge in [-0.25, -0.2) is 5.75 Å². The van der Waals surface area contributed by atoms with Gasteiger partial charge in [-0.2, -0.15) is 30.3 Å². The summed E-state index contributed by atoms with van der Waals surface area (Å²) in [6, 6.07) is 9.01. The third-order valence-corrected chi connectivity index (χ3v) is 0.681. The summed E-state index contributed by atoms with van der Waals surface area (Å²) in [5.41, 5.74) is 0. The quantitative estimate of drug-likeness (QED) is 0.536. The molecule has 0 unspecified atom stereocenters. The second-order valence-corrected chi connectivity index (χ2v) is 1.23. The van der Waals surface area contributed by atoms with E-state index in [2.05, 4.69) is 6.07 Å². The Balaban J connectivity index is 0.000000490. The fourth-order valence-corrected chi connectivity index (χ4v) is 0.377. The van der Waals surface area contributed by atoms with Gasteiger partial charge in [-0.3, -0.25) is 0 Å².